The number of amides is 2. The van der Waals surface area contributed by atoms with Gasteiger partial charge in [-0.25, -0.2) is 4.98 Å². The lowest BCUT2D eigenvalue weighted by Gasteiger charge is -2.13. The van der Waals surface area contributed by atoms with E-state index in [9.17, 15) is 9.59 Å². The Morgan fingerprint density at radius 1 is 1.43 bits per heavy atom. The van der Waals surface area contributed by atoms with Gasteiger partial charge in [0.2, 0.25) is 5.91 Å². The van der Waals surface area contributed by atoms with E-state index in [0.717, 1.165) is 30.9 Å². The largest absolute Gasteiger partial charge is 0.370 e. The fourth-order valence-electron chi connectivity index (χ4n) is 2.22. The summed E-state index contributed by atoms with van der Waals surface area (Å²) in [6, 6.07) is 3.43. The molecule has 1 aromatic rings. The SMILES string of the molecule is CCCNc1cc(C(=O)NC2CNC(=O)C2)cc(CC)n1. The Morgan fingerprint density at radius 2 is 2.24 bits per heavy atom. The van der Waals surface area contributed by atoms with E-state index >= 15 is 0 Å². The van der Waals surface area contributed by atoms with Gasteiger partial charge in [0, 0.05) is 30.8 Å². The fourth-order valence-corrected chi connectivity index (χ4v) is 2.22. The first-order valence-electron chi connectivity index (χ1n) is 7.44. The number of hydrogen-bond acceptors (Lipinski definition) is 4. The Balaban J connectivity index is 2.09. The van der Waals surface area contributed by atoms with Gasteiger partial charge in [0.15, 0.2) is 0 Å². The third kappa shape index (κ3) is 4.18. The van der Waals surface area contributed by atoms with E-state index in [1.807, 2.05) is 6.92 Å². The van der Waals surface area contributed by atoms with Crippen molar-refractivity contribution < 1.29 is 9.59 Å². The van der Waals surface area contributed by atoms with Crippen LogP contribution in [0.2, 0.25) is 0 Å². The van der Waals surface area contributed by atoms with Crippen LogP contribution in [0.4, 0.5) is 5.82 Å². The lowest BCUT2D eigenvalue weighted by atomic mass is 10.1. The Bertz CT molecular complexity index is 530. The molecule has 1 unspecified atom stereocenters. The van der Waals surface area contributed by atoms with Crippen molar-refractivity contribution >= 4 is 17.6 Å². The minimum absolute atomic E-state index is 0.0189. The van der Waals surface area contributed by atoms with Gasteiger partial charge in [0.05, 0.1) is 6.04 Å². The molecule has 0 spiro atoms. The van der Waals surface area contributed by atoms with Gasteiger partial charge in [0.1, 0.15) is 5.82 Å². The van der Waals surface area contributed by atoms with Crippen LogP contribution in [0.3, 0.4) is 0 Å². The van der Waals surface area contributed by atoms with Crippen molar-refractivity contribution in [3.63, 3.8) is 0 Å². The quantitative estimate of drug-likeness (QED) is 0.732. The van der Waals surface area contributed by atoms with Crippen LogP contribution in [-0.4, -0.2) is 35.9 Å². The highest BCUT2D eigenvalue weighted by Gasteiger charge is 2.23. The molecular formula is C15H22N4O2. The summed E-state index contributed by atoms with van der Waals surface area (Å²) in [4.78, 5) is 27.9. The van der Waals surface area contributed by atoms with Crippen LogP contribution in [0.1, 0.15) is 42.7 Å². The van der Waals surface area contributed by atoms with Crippen molar-refractivity contribution in [3.8, 4) is 0 Å². The molecule has 2 heterocycles. The molecule has 2 rings (SSSR count). The summed E-state index contributed by atoms with van der Waals surface area (Å²) in [6.45, 7) is 5.40. The first kappa shape index (κ1) is 15.3. The molecule has 0 radical (unpaired) electrons. The third-order valence-electron chi connectivity index (χ3n) is 3.37. The molecule has 1 aromatic heterocycles. The van der Waals surface area contributed by atoms with E-state index < -0.39 is 0 Å². The highest BCUT2D eigenvalue weighted by atomic mass is 16.2. The number of carbonyl (C=O) groups is 2. The van der Waals surface area contributed by atoms with E-state index in [2.05, 4.69) is 27.9 Å². The molecular weight excluding hydrogens is 268 g/mol. The van der Waals surface area contributed by atoms with Crippen LogP contribution in [0.15, 0.2) is 12.1 Å². The number of nitrogens with zero attached hydrogens (tertiary/aromatic N) is 1. The zero-order valence-electron chi connectivity index (χ0n) is 12.5. The van der Waals surface area contributed by atoms with E-state index in [0.29, 0.717) is 18.5 Å². The van der Waals surface area contributed by atoms with E-state index in [1.165, 1.54) is 0 Å². The van der Waals surface area contributed by atoms with Crippen molar-refractivity contribution in [2.75, 3.05) is 18.4 Å². The second kappa shape index (κ2) is 7.06. The maximum absolute atomic E-state index is 12.3. The number of anilines is 1. The van der Waals surface area contributed by atoms with Gasteiger partial charge >= 0.3 is 0 Å². The second-order valence-electron chi connectivity index (χ2n) is 5.19. The van der Waals surface area contributed by atoms with Crippen LogP contribution in [0, 0.1) is 0 Å². The average molecular weight is 290 g/mol. The van der Waals surface area contributed by atoms with Gasteiger partial charge in [-0.05, 0) is 25.0 Å². The topological polar surface area (TPSA) is 83.1 Å². The first-order chi connectivity index (χ1) is 10.1. The number of pyridine rings is 1. The van der Waals surface area contributed by atoms with Gasteiger partial charge in [-0.1, -0.05) is 13.8 Å². The molecule has 6 nitrogen and oxygen atoms in total. The third-order valence-corrected chi connectivity index (χ3v) is 3.37. The minimum atomic E-state index is -0.159. The van der Waals surface area contributed by atoms with Crippen LogP contribution in [0.25, 0.3) is 0 Å². The summed E-state index contributed by atoms with van der Waals surface area (Å²) in [5.41, 5.74) is 1.46. The normalized spacial score (nSPS) is 17.4. The maximum Gasteiger partial charge on any atom is 0.251 e. The van der Waals surface area contributed by atoms with Crippen molar-refractivity contribution in [2.24, 2.45) is 0 Å². The number of carbonyl (C=O) groups excluding carboxylic acids is 2. The number of aromatic nitrogens is 1. The molecule has 1 aliphatic heterocycles. The molecule has 0 saturated carbocycles. The zero-order chi connectivity index (χ0) is 15.2. The number of aryl methyl sites for hydroxylation is 1. The Morgan fingerprint density at radius 3 is 2.86 bits per heavy atom. The predicted molar refractivity (Wildman–Crippen MR) is 81.3 cm³/mol. The smallest absolute Gasteiger partial charge is 0.251 e. The molecule has 6 heteroatoms. The molecule has 2 amide bonds. The van der Waals surface area contributed by atoms with E-state index in [1.54, 1.807) is 12.1 Å². The van der Waals surface area contributed by atoms with Crippen LogP contribution >= 0.6 is 0 Å². The summed E-state index contributed by atoms with van der Waals surface area (Å²) in [5.74, 6) is 0.546. The monoisotopic (exact) mass is 290 g/mol. The summed E-state index contributed by atoms with van der Waals surface area (Å²) in [7, 11) is 0. The Labute approximate surface area is 124 Å². The van der Waals surface area contributed by atoms with Crippen LogP contribution in [0.5, 0.6) is 0 Å². The van der Waals surface area contributed by atoms with E-state index in [4.69, 9.17) is 0 Å². The van der Waals surface area contributed by atoms with Crippen molar-refractivity contribution in [1.82, 2.24) is 15.6 Å². The molecule has 114 valence electrons. The second-order valence-corrected chi connectivity index (χ2v) is 5.19. The summed E-state index contributed by atoms with van der Waals surface area (Å²) in [6.07, 6.45) is 2.11. The molecule has 21 heavy (non-hydrogen) atoms. The molecule has 1 fully saturated rings. The molecule has 1 saturated heterocycles. The minimum Gasteiger partial charge on any atom is -0.370 e. The Kier molecular flexibility index (Phi) is 5.14. The van der Waals surface area contributed by atoms with Crippen molar-refractivity contribution in [2.45, 2.75) is 39.2 Å². The van der Waals surface area contributed by atoms with E-state index in [-0.39, 0.29) is 17.9 Å². The van der Waals surface area contributed by atoms with Crippen molar-refractivity contribution in [1.29, 1.82) is 0 Å². The molecule has 0 aromatic carbocycles. The number of nitrogens with one attached hydrogen (secondary N) is 3. The lowest BCUT2D eigenvalue weighted by molar-refractivity contribution is -0.119. The zero-order valence-corrected chi connectivity index (χ0v) is 12.5. The highest BCUT2D eigenvalue weighted by Crippen LogP contribution is 2.12. The number of hydrogen-bond donors (Lipinski definition) is 3. The number of rotatable bonds is 6. The van der Waals surface area contributed by atoms with Crippen molar-refractivity contribution in [3.05, 3.63) is 23.4 Å². The summed E-state index contributed by atoms with van der Waals surface area (Å²) < 4.78 is 0. The predicted octanol–water partition coefficient (Wildman–Crippen LogP) is 1.08. The molecule has 1 atom stereocenters. The van der Waals surface area contributed by atoms with Gasteiger partial charge in [0.25, 0.3) is 5.91 Å². The molecule has 3 N–H and O–H groups in total. The average Bonchev–Trinajstić information content (AvgIpc) is 2.89. The standard InChI is InChI=1S/C15H22N4O2/c1-3-5-16-13-7-10(6-11(4-2)18-13)15(21)19-12-8-14(20)17-9-12/h6-7,12H,3-5,8-9H2,1-2H3,(H,16,18)(H,17,20)(H,19,21). The Hall–Kier alpha value is -2.11. The van der Waals surface area contributed by atoms with Gasteiger partial charge in [-0.15, -0.1) is 0 Å². The van der Waals surface area contributed by atoms with Crippen LogP contribution < -0.4 is 16.0 Å². The van der Waals surface area contributed by atoms with Crippen LogP contribution in [-0.2, 0) is 11.2 Å². The highest BCUT2D eigenvalue weighted by molar-refractivity contribution is 5.95. The van der Waals surface area contributed by atoms with Gasteiger partial charge < -0.3 is 16.0 Å². The van der Waals surface area contributed by atoms with Gasteiger partial charge in [-0.3, -0.25) is 9.59 Å². The van der Waals surface area contributed by atoms with Gasteiger partial charge in [-0.2, -0.15) is 0 Å². The molecule has 1 aliphatic rings. The first-order valence-corrected chi connectivity index (χ1v) is 7.44. The fraction of sp³-hybridized carbons (Fsp3) is 0.533. The maximum atomic E-state index is 12.3. The lowest BCUT2D eigenvalue weighted by Crippen LogP contribution is -2.36. The summed E-state index contributed by atoms with van der Waals surface area (Å²) >= 11 is 0. The molecule has 0 bridgehead atoms. The summed E-state index contributed by atoms with van der Waals surface area (Å²) in [5, 5.41) is 8.80. The molecule has 0 aliphatic carbocycles.